The van der Waals surface area contributed by atoms with Crippen LogP contribution in [0.25, 0.3) is 0 Å². The van der Waals surface area contributed by atoms with Crippen molar-refractivity contribution in [2.24, 2.45) is 7.05 Å². The Bertz CT molecular complexity index is 499. The maximum absolute atomic E-state index is 6.07. The van der Waals surface area contributed by atoms with Gasteiger partial charge in [0, 0.05) is 38.0 Å². The molecule has 0 atom stereocenters. The molecule has 2 heterocycles. The third kappa shape index (κ3) is 3.35. The van der Waals surface area contributed by atoms with Crippen LogP contribution in [0, 0.1) is 6.92 Å². The maximum Gasteiger partial charge on any atom is 0.154 e. The highest BCUT2D eigenvalue weighted by Gasteiger charge is 2.10. The van der Waals surface area contributed by atoms with Crippen LogP contribution in [-0.4, -0.2) is 19.6 Å². The van der Waals surface area contributed by atoms with Gasteiger partial charge in [-0.2, -0.15) is 10.2 Å². The third-order valence-electron chi connectivity index (χ3n) is 2.61. The van der Waals surface area contributed by atoms with E-state index in [1.165, 1.54) is 5.56 Å². The summed E-state index contributed by atoms with van der Waals surface area (Å²) in [6, 6.07) is 0. The Balaban J connectivity index is 0.000000771. The standard InChI is InChI=1S/C11H15ClN4.C2H6/c1-4-16-7-10(11(12)14-16)5-9-6-15(3)13-8(9)2;1-2/h6-7H,4-5H2,1-3H3;1-2H3. The highest BCUT2D eigenvalue weighted by Crippen LogP contribution is 2.19. The Labute approximate surface area is 114 Å². The lowest BCUT2D eigenvalue weighted by atomic mass is 10.1. The molecule has 2 rings (SSSR count). The second-order valence-electron chi connectivity index (χ2n) is 3.89. The van der Waals surface area contributed by atoms with Crippen LogP contribution in [0.5, 0.6) is 0 Å². The molecule has 0 saturated heterocycles. The first-order chi connectivity index (χ1) is 8.60. The number of hydrogen-bond acceptors (Lipinski definition) is 2. The van der Waals surface area contributed by atoms with Gasteiger partial charge in [-0.15, -0.1) is 0 Å². The number of nitrogens with zero attached hydrogens (tertiary/aromatic N) is 4. The van der Waals surface area contributed by atoms with Gasteiger partial charge in [-0.3, -0.25) is 9.36 Å². The van der Waals surface area contributed by atoms with Crippen LogP contribution in [0.2, 0.25) is 5.15 Å². The van der Waals surface area contributed by atoms with Crippen molar-refractivity contribution in [3.63, 3.8) is 0 Å². The zero-order valence-corrected chi connectivity index (χ0v) is 12.5. The Morgan fingerprint density at radius 3 is 2.28 bits per heavy atom. The topological polar surface area (TPSA) is 35.6 Å². The lowest BCUT2D eigenvalue weighted by Gasteiger charge is -1.95. The first-order valence-corrected chi connectivity index (χ1v) is 6.69. The average Bonchev–Trinajstić information content (AvgIpc) is 2.86. The van der Waals surface area contributed by atoms with Gasteiger partial charge in [0.1, 0.15) is 0 Å². The van der Waals surface area contributed by atoms with Gasteiger partial charge in [-0.1, -0.05) is 25.4 Å². The van der Waals surface area contributed by atoms with E-state index >= 15 is 0 Å². The van der Waals surface area contributed by atoms with E-state index in [9.17, 15) is 0 Å². The van der Waals surface area contributed by atoms with E-state index in [1.54, 1.807) is 0 Å². The first-order valence-electron chi connectivity index (χ1n) is 6.31. The van der Waals surface area contributed by atoms with E-state index in [-0.39, 0.29) is 0 Å². The van der Waals surface area contributed by atoms with Crippen LogP contribution in [0.3, 0.4) is 0 Å². The molecule has 0 aromatic carbocycles. The minimum atomic E-state index is 0.588. The van der Waals surface area contributed by atoms with Crippen molar-refractivity contribution in [3.8, 4) is 0 Å². The molecule has 100 valence electrons. The Morgan fingerprint density at radius 1 is 1.17 bits per heavy atom. The number of rotatable bonds is 3. The molecule has 0 amide bonds. The van der Waals surface area contributed by atoms with Gasteiger partial charge in [0.25, 0.3) is 0 Å². The smallest absolute Gasteiger partial charge is 0.154 e. The zero-order valence-electron chi connectivity index (χ0n) is 11.7. The van der Waals surface area contributed by atoms with Crippen molar-refractivity contribution in [1.82, 2.24) is 19.6 Å². The van der Waals surface area contributed by atoms with Crippen molar-refractivity contribution in [1.29, 1.82) is 0 Å². The SMILES string of the molecule is CC.CCn1cc(Cc2cn(C)nc2C)c(Cl)n1. The van der Waals surface area contributed by atoms with E-state index in [1.807, 2.05) is 56.5 Å². The molecule has 2 aromatic heterocycles. The lowest BCUT2D eigenvalue weighted by Crippen LogP contribution is -1.92. The van der Waals surface area contributed by atoms with E-state index < -0.39 is 0 Å². The summed E-state index contributed by atoms with van der Waals surface area (Å²) < 4.78 is 3.67. The predicted octanol–water partition coefficient (Wildman–Crippen LogP) is 3.22. The van der Waals surface area contributed by atoms with Crippen molar-refractivity contribution in [3.05, 3.63) is 34.4 Å². The van der Waals surface area contributed by atoms with Crippen LogP contribution in [-0.2, 0) is 20.0 Å². The predicted molar refractivity (Wildman–Crippen MR) is 75.0 cm³/mol. The molecule has 0 aliphatic carbocycles. The quantitative estimate of drug-likeness (QED) is 0.857. The van der Waals surface area contributed by atoms with Crippen LogP contribution in [0.15, 0.2) is 12.4 Å². The van der Waals surface area contributed by atoms with E-state index in [2.05, 4.69) is 10.2 Å². The van der Waals surface area contributed by atoms with Gasteiger partial charge >= 0.3 is 0 Å². The fraction of sp³-hybridized carbons (Fsp3) is 0.538. The zero-order chi connectivity index (χ0) is 13.7. The molecule has 4 nitrogen and oxygen atoms in total. The number of aryl methyl sites for hydroxylation is 3. The first kappa shape index (κ1) is 14.8. The van der Waals surface area contributed by atoms with Crippen molar-refractivity contribution >= 4 is 11.6 Å². The summed E-state index contributed by atoms with van der Waals surface area (Å²) in [5.41, 5.74) is 3.29. The monoisotopic (exact) mass is 268 g/mol. The molecule has 0 aliphatic rings. The van der Waals surface area contributed by atoms with Gasteiger partial charge in [0.05, 0.1) is 5.69 Å². The van der Waals surface area contributed by atoms with E-state index in [0.29, 0.717) is 5.15 Å². The summed E-state index contributed by atoms with van der Waals surface area (Å²) in [5.74, 6) is 0. The fourth-order valence-corrected chi connectivity index (χ4v) is 1.96. The highest BCUT2D eigenvalue weighted by atomic mass is 35.5. The Kier molecular flexibility index (Phi) is 5.41. The summed E-state index contributed by atoms with van der Waals surface area (Å²) in [4.78, 5) is 0. The third-order valence-corrected chi connectivity index (χ3v) is 2.92. The van der Waals surface area contributed by atoms with E-state index in [4.69, 9.17) is 11.6 Å². The average molecular weight is 269 g/mol. The summed E-state index contributed by atoms with van der Waals surface area (Å²) in [6.07, 6.45) is 4.81. The van der Waals surface area contributed by atoms with Crippen molar-refractivity contribution < 1.29 is 0 Å². The molecule has 0 fully saturated rings. The van der Waals surface area contributed by atoms with E-state index in [0.717, 1.165) is 24.2 Å². The maximum atomic E-state index is 6.07. The van der Waals surface area contributed by atoms with Gasteiger partial charge < -0.3 is 0 Å². The molecular formula is C13H21ClN4. The second kappa shape index (κ2) is 6.59. The summed E-state index contributed by atoms with van der Waals surface area (Å²) in [5, 5.41) is 9.11. The molecule has 0 bridgehead atoms. The molecule has 2 aromatic rings. The molecule has 0 unspecified atom stereocenters. The second-order valence-corrected chi connectivity index (χ2v) is 4.25. The number of halogens is 1. The van der Waals surface area contributed by atoms with Crippen LogP contribution in [0.4, 0.5) is 0 Å². The number of aromatic nitrogens is 4. The minimum Gasteiger partial charge on any atom is -0.275 e. The van der Waals surface area contributed by atoms with Crippen LogP contribution >= 0.6 is 11.6 Å². The van der Waals surface area contributed by atoms with Gasteiger partial charge in [-0.05, 0) is 19.4 Å². The molecule has 0 saturated carbocycles. The van der Waals surface area contributed by atoms with Gasteiger partial charge in [0.2, 0.25) is 0 Å². The Hall–Kier alpha value is -1.29. The molecule has 0 N–H and O–H groups in total. The summed E-state index contributed by atoms with van der Waals surface area (Å²) in [7, 11) is 1.92. The molecule has 0 spiro atoms. The van der Waals surface area contributed by atoms with Crippen LogP contribution < -0.4 is 0 Å². The normalized spacial score (nSPS) is 10.1. The highest BCUT2D eigenvalue weighted by molar-refractivity contribution is 6.30. The molecule has 5 heteroatoms. The fourth-order valence-electron chi connectivity index (χ4n) is 1.75. The van der Waals surface area contributed by atoms with Crippen molar-refractivity contribution in [2.45, 2.75) is 40.7 Å². The van der Waals surface area contributed by atoms with Crippen molar-refractivity contribution in [2.75, 3.05) is 0 Å². The van der Waals surface area contributed by atoms with Gasteiger partial charge in [0.15, 0.2) is 5.15 Å². The molecule has 18 heavy (non-hydrogen) atoms. The minimum absolute atomic E-state index is 0.588. The lowest BCUT2D eigenvalue weighted by molar-refractivity contribution is 0.659. The number of hydrogen-bond donors (Lipinski definition) is 0. The molecule has 0 radical (unpaired) electrons. The Morgan fingerprint density at radius 2 is 1.83 bits per heavy atom. The summed E-state index contributed by atoms with van der Waals surface area (Å²) in [6.45, 7) is 8.89. The van der Waals surface area contributed by atoms with Gasteiger partial charge in [-0.25, -0.2) is 0 Å². The largest absolute Gasteiger partial charge is 0.275 e. The molecular weight excluding hydrogens is 248 g/mol. The molecule has 0 aliphatic heterocycles. The summed E-state index contributed by atoms with van der Waals surface area (Å²) >= 11 is 6.07. The van der Waals surface area contributed by atoms with Crippen LogP contribution in [0.1, 0.15) is 37.6 Å².